The number of hydrogen-bond acceptors (Lipinski definition) is 6. The first-order valence-electron chi connectivity index (χ1n) is 9.00. The van der Waals surface area contributed by atoms with E-state index in [2.05, 4.69) is 16.2 Å². The van der Waals surface area contributed by atoms with Crippen LogP contribution in [0.5, 0.6) is 17.2 Å². The van der Waals surface area contributed by atoms with Gasteiger partial charge in [0, 0.05) is 17.1 Å². The fourth-order valence-corrected chi connectivity index (χ4v) is 3.41. The van der Waals surface area contributed by atoms with Gasteiger partial charge in [0.15, 0.2) is 11.5 Å². The molecule has 2 aromatic rings. The van der Waals surface area contributed by atoms with Crippen LogP contribution in [0.2, 0.25) is 5.02 Å². The Morgan fingerprint density at radius 1 is 1.18 bits per heavy atom. The van der Waals surface area contributed by atoms with Crippen LogP contribution in [0.25, 0.3) is 0 Å². The maximum Gasteiger partial charge on any atom is 0.238 e. The number of methoxy groups -OCH3 is 2. The van der Waals surface area contributed by atoms with Gasteiger partial charge < -0.3 is 19.9 Å². The van der Waals surface area contributed by atoms with E-state index < -0.39 is 6.04 Å². The van der Waals surface area contributed by atoms with Gasteiger partial charge in [-0.15, -0.1) is 0 Å². The number of halogens is 1. The highest BCUT2D eigenvalue weighted by atomic mass is 35.5. The lowest BCUT2D eigenvalue weighted by Crippen LogP contribution is -2.43. The SMILES string of the molecule is COc1ccc(CCNC(=O)C2CC(c3cc(Cl)ccc3O)NN2)cc1OC. The third-order valence-corrected chi connectivity index (χ3v) is 4.98. The number of aromatic hydroxyl groups is 1. The molecule has 8 heteroatoms. The normalized spacial score (nSPS) is 18.7. The fraction of sp³-hybridized carbons (Fsp3) is 0.350. The summed E-state index contributed by atoms with van der Waals surface area (Å²) in [4.78, 5) is 12.4. The first-order valence-corrected chi connectivity index (χ1v) is 9.37. The molecule has 3 rings (SSSR count). The van der Waals surface area contributed by atoms with E-state index in [1.807, 2.05) is 18.2 Å². The van der Waals surface area contributed by atoms with E-state index in [0.717, 1.165) is 5.56 Å². The number of rotatable bonds is 7. The zero-order valence-corrected chi connectivity index (χ0v) is 16.5. The van der Waals surface area contributed by atoms with Gasteiger partial charge in [0.1, 0.15) is 11.8 Å². The molecule has 150 valence electrons. The highest BCUT2D eigenvalue weighted by Crippen LogP contribution is 2.31. The molecule has 0 aliphatic carbocycles. The van der Waals surface area contributed by atoms with Crippen LogP contribution in [0, 0.1) is 0 Å². The van der Waals surface area contributed by atoms with Crippen molar-refractivity contribution >= 4 is 17.5 Å². The monoisotopic (exact) mass is 405 g/mol. The second-order valence-corrected chi connectivity index (χ2v) is 7.00. The van der Waals surface area contributed by atoms with Crippen molar-refractivity contribution in [3.63, 3.8) is 0 Å². The van der Waals surface area contributed by atoms with E-state index in [1.165, 1.54) is 0 Å². The van der Waals surface area contributed by atoms with Crippen molar-refractivity contribution in [1.29, 1.82) is 0 Å². The minimum atomic E-state index is -0.395. The molecule has 4 N–H and O–H groups in total. The number of benzene rings is 2. The van der Waals surface area contributed by atoms with E-state index in [4.69, 9.17) is 21.1 Å². The van der Waals surface area contributed by atoms with Gasteiger partial charge in [-0.2, -0.15) is 0 Å². The van der Waals surface area contributed by atoms with Crippen molar-refractivity contribution in [2.45, 2.75) is 24.9 Å². The van der Waals surface area contributed by atoms with Crippen LogP contribution in [0.1, 0.15) is 23.6 Å². The lowest BCUT2D eigenvalue weighted by Gasteiger charge is -2.13. The van der Waals surface area contributed by atoms with E-state index in [9.17, 15) is 9.90 Å². The number of amides is 1. The van der Waals surface area contributed by atoms with Crippen molar-refractivity contribution < 1.29 is 19.4 Å². The molecule has 2 aromatic carbocycles. The first kappa shape index (κ1) is 20.3. The Bertz CT molecular complexity index is 846. The molecule has 0 radical (unpaired) electrons. The summed E-state index contributed by atoms with van der Waals surface area (Å²) in [7, 11) is 3.19. The molecule has 0 aromatic heterocycles. The Morgan fingerprint density at radius 3 is 2.71 bits per heavy atom. The molecule has 1 amide bonds. The second-order valence-electron chi connectivity index (χ2n) is 6.56. The number of phenols is 1. The molecule has 1 fully saturated rings. The Hall–Kier alpha value is -2.48. The average molecular weight is 406 g/mol. The molecule has 1 heterocycles. The van der Waals surface area contributed by atoms with Gasteiger partial charge in [-0.3, -0.25) is 4.79 Å². The molecule has 1 aliphatic heterocycles. The van der Waals surface area contributed by atoms with Gasteiger partial charge in [-0.05, 0) is 48.7 Å². The Morgan fingerprint density at radius 2 is 1.96 bits per heavy atom. The third-order valence-electron chi connectivity index (χ3n) is 4.75. The smallest absolute Gasteiger partial charge is 0.238 e. The predicted octanol–water partition coefficient (Wildman–Crippen LogP) is 2.33. The van der Waals surface area contributed by atoms with E-state index in [-0.39, 0.29) is 17.7 Å². The minimum Gasteiger partial charge on any atom is -0.508 e. The summed E-state index contributed by atoms with van der Waals surface area (Å²) in [5.41, 5.74) is 7.74. The zero-order valence-electron chi connectivity index (χ0n) is 15.8. The molecular formula is C20H24ClN3O4. The van der Waals surface area contributed by atoms with E-state index in [1.54, 1.807) is 32.4 Å². The van der Waals surface area contributed by atoms with Crippen molar-refractivity contribution in [1.82, 2.24) is 16.2 Å². The van der Waals surface area contributed by atoms with Crippen molar-refractivity contribution in [2.24, 2.45) is 0 Å². The number of carbonyl (C=O) groups is 1. The number of hydrazine groups is 1. The van der Waals surface area contributed by atoms with Crippen LogP contribution >= 0.6 is 11.6 Å². The Labute approximate surface area is 169 Å². The number of hydrogen-bond donors (Lipinski definition) is 4. The summed E-state index contributed by atoms with van der Waals surface area (Å²) in [6, 6.07) is 9.98. The van der Waals surface area contributed by atoms with Crippen LogP contribution in [0.3, 0.4) is 0 Å². The zero-order chi connectivity index (χ0) is 20.1. The maximum atomic E-state index is 12.4. The predicted molar refractivity (Wildman–Crippen MR) is 107 cm³/mol. The summed E-state index contributed by atoms with van der Waals surface area (Å²) < 4.78 is 10.5. The largest absolute Gasteiger partial charge is 0.508 e. The van der Waals surface area contributed by atoms with Crippen molar-refractivity contribution in [3.8, 4) is 17.2 Å². The number of nitrogens with one attached hydrogen (secondary N) is 3. The molecule has 1 saturated heterocycles. The van der Waals surface area contributed by atoms with E-state index >= 15 is 0 Å². The van der Waals surface area contributed by atoms with Crippen LogP contribution in [-0.2, 0) is 11.2 Å². The third kappa shape index (κ3) is 4.67. The molecule has 0 bridgehead atoms. The molecule has 28 heavy (non-hydrogen) atoms. The molecular weight excluding hydrogens is 382 g/mol. The van der Waals surface area contributed by atoms with Gasteiger partial charge in [0.2, 0.25) is 5.91 Å². The average Bonchev–Trinajstić information content (AvgIpc) is 3.19. The summed E-state index contributed by atoms with van der Waals surface area (Å²) in [6.07, 6.45) is 1.18. The van der Waals surface area contributed by atoms with Gasteiger partial charge in [0.05, 0.1) is 20.3 Å². The van der Waals surface area contributed by atoms with Crippen molar-refractivity contribution in [3.05, 3.63) is 52.5 Å². The van der Waals surface area contributed by atoms with Gasteiger partial charge in [-0.1, -0.05) is 17.7 Å². The molecule has 7 nitrogen and oxygen atoms in total. The minimum absolute atomic E-state index is 0.100. The number of ether oxygens (including phenoxy) is 2. The maximum absolute atomic E-state index is 12.4. The van der Waals surface area contributed by atoms with Gasteiger partial charge >= 0.3 is 0 Å². The van der Waals surface area contributed by atoms with Gasteiger partial charge in [0.25, 0.3) is 0 Å². The summed E-state index contributed by atoms with van der Waals surface area (Å²) in [6.45, 7) is 0.500. The summed E-state index contributed by atoms with van der Waals surface area (Å²) in [5, 5.41) is 13.5. The van der Waals surface area contributed by atoms with Crippen LogP contribution in [0.15, 0.2) is 36.4 Å². The van der Waals surface area contributed by atoms with Gasteiger partial charge in [-0.25, -0.2) is 10.9 Å². The van der Waals surface area contributed by atoms with E-state index in [0.29, 0.717) is 41.5 Å². The van der Waals surface area contributed by atoms with Crippen molar-refractivity contribution in [2.75, 3.05) is 20.8 Å². The molecule has 0 spiro atoms. The number of phenolic OH excluding ortho intramolecular Hbond substituents is 1. The standard InChI is InChI=1S/C20H24ClN3O4/c1-27-18-6-3-12(9-19(18)28-2)7-8-22-20(26)16-11-15(23-24-16)14-10-13(21)4-5-17(14)25/h3-6,9-10,15-16,23-25H,7-8,11H2,1-2H3,(H,22,26). The molecule has 1 aliphatic rings. The lowest BCUT2D eigenvalue weighted by molar-refractivity contribution is -0.122. The topological polar surface area (TPSA) is 91.9 Å². The Kier molecular flexibility index (Phi) is 6.61. The second kappa shape index (κ2) is 9.14. The molecule has 2 unspecified atom stereocenters. The first-order chi connectivity index (χ1) is 13.5. The summed E-state index contributed by atoms with van der Waals surface area (Å²) in [5.74, 6) is 1.39. The highest BCUT2D eigenvalue weighted by molar-refractivity contribution is 6.30. The molecule has 2 atom stereocenters. The molecule has 0 saturated carbocycles. The van der Waals surface area contributed by atoms with Crippen LogP contribution in [-0.4, -0.2) is 37.8 Å². The number of carbonyl (C=O) groups excluding carboxylic acids is 1. The quantitative estimate of drug-likeness (QED) is 0.565. The fourth-order valence-electron chi connectivity index (χ4n) is 3.23. The van der Waals surface area contributed by atoms with Crippen LogP contribution < -0.4 is 25.6 Å². The Balaban J connectivity index is 1.51. The van der Waals surface area contributed by atoms with Crippen LogP contribution in [0.4, 0.5) is 0 Å². The highest BCUT2D eigenvalue weighted by Gasteiger charge is 2.31. The lowest BCUT2D eigenvalue weighted by atomic mass is 10.0. The summed E-state index contributed by atoms with van der Waals surface area (Å²) >= 11 is 6.01.